The lowest BCUT2D eigenvalue weighted by Gasteiger charge is -2.04. The number of nitrogens with two attached hydrogens (primary N) is 2. The van der Waals surface area contributed by atoms with Gasteiger partial charge in [0.15, 0.2) is 0 Å². The van der Waals surface area contributed by atoms with Crippen LogP contribution in [0.4, 0.5) is 0 Å². The Bertz CT molecular complexity index is 64.8. The summed E-state index contributed by atoms with van der Waals surface area (Å²) in [6.07, 6.45) is 0. The van der Waals surface area contributed by atoms with E-state index in [1.807, 2.05) is 0 Å². The van der Waals surface area contributed by atoms with Crippen LogP contribution in [0.2, 0.25) is 0 Å². The van der Waals surface area contributed by atoms with Gasteiger partial charge < -0.3 is 25.7 Å². The molecule has 0 bridgehead atoms. The molecule has 0 radical (unpaired) electrons. The molecule has 0 aliphatic heterocycles. The van der Waals surface area contributed by atoms with Crippen molar-refractivity contribution >= 4 is 0 Å². The van der Waals surface area contributed by atoms with Gasteiger partial charge in [-0.25, -0.2) is 0 Å². The minimum Gasteiger partial charge on any atom is -0.354 e. The van der Waals surface area contributed by atoms with Crippen LogP contribution >= 0.6 is 0 Å². The normalized spacial score (nSPS) is 10.4. The molecule has 0 heterocycles. The maximum absolute atomic E-state index is 5.16. The van der Waals surface area contributed by atoms with Gasteiger partial charge in [0, 0.05) is 13.1 Å². The fourth-order valence-corrected chi connectivity index (χ4v) is 0.436. The monoisotopic (exact) mass is 164 g/mol. The molecule has 0 aliphatic rings. The van der Waals surface area contributed by atoms with Gasteiger partial charge in [-0.3, -0.25) is 0 Å². The van der Waals surface area contributed by atoms with E-state index in [1.54, 1.807) is 0 Å². The second-order valence-corrected chi connectivity index (χ2v) is 1.83. The van der Waals surface area contributed by atoms with Crippen molar-refractivity contribution in [2.75, 3.05) is 39.9 Å². The van der Waals surface area contributed by atoms with Crippen molar-refractivity contribution in [2.24, 2.45) is 11.5 Å². The SMILES string of the molecule is NCCOCOCOCCN. The highest BCUT2D eigenvalue weighted by molar-refractivity contribution is 4.26. The zero-order chi connectivity index (χ0) is 8.36. The van der Waals surface area contributed by atoms with Gasteiger partial charge in [-0.05, 0) is 0 Å². The van der Waals surface area contributed by atoms with E-state index in [2.05, 4.69) is 0 Å². The first kappa shape index (κ1) is 10.8. The molecule has 0 aliphatic carbocycles. The van der Waals surface area contributed by atoms with Crippen LogP contribution in [0.25, 0.3) is 0 Å². The summed E-state index contributed by atoms with van der Waals surface area (Å²) in [5.74, 6) is 0. The fraction of sp³-hybridized carbons (Fsp3) is 1.00. The van der Waals surface area contributed by atoms with Crippen LogP contribution in [0.1, 0.15) is 0 Å². The number of hydrogen-bond donors (Lipinski definition) is 2. The van der Waals surface area contributed by atoms with Gasteiger partial charge in [-0.15, -0.1) is 0 Å². The molecular formula is C6H16N2O3. The second kappa shape index (κ2) is 9.80. The summed E-state index contributed by atoms with van der Waals surface area (Å²) >= 11 is 0. The molecule has 0 aromatic carbocycles. The Morgan fingerprint density at radius 1 is 0.727 bits per heavy atom. The highest BCUT2D eigenvalue weighted by Gasteiger charge is 1.86. The predicted molar refractivity (Wildman–Crippen MR) is 40.8 cm³/mol. The molecule has 0 saturated carbocycles. The largest absolute Gasteiger partial charge is 0.354 e. The van der Waals surface area contributed by atoms with Crippen LogP contribution in [0.5, 0.6) is 0 Å². The molecule has 68 valence electrons. The molecule has 0 rings (SSSR count). The fourth-order valence-electron chi connectivity index (χ4n) is 0.436. The zero-order valence-electron chi connectivity index (χ0n) is 6.62. The van der Waals surface area contributed by atoms with Crippen molar-refractivity contribution in [1.29, 1.82) is 0 Å². The average Bonchev–Trinajstić information content (AvgIpc) is 2.03. The standard InChI is InChI=1S/C6H16N2O3/c7-1-3-9-5-11-6-10-4-2-8/h1-8H2. The van der Waals surface area contributed by atoms with Crippen molar-refractivity contribution in [3.05, 3.63) is 0 Å². The van der Waals surface area contributed by atoms with Gasteiger partial charge in [0.05, 0.1) is 13.2 Å². The summed E-state index contributed by atoms with van der Waals surface area (Å²) in [4.78, 5) is 0. The van der Waals surface area contributed by atoms with E-state index in [0.717, 1.165) is 0 Å². The first-order valence-electron chi connectivity index (χ1n) is 3.55. The topological polar surface area (TPSA) is 79.7 Å². The van der Waals surface area contributed by atoms with Gasteiger partial charge in [-0.1, -0.05) is 0 Å². The Morgan fingerprint density at radius 3 is 1.55 bits per heavy atom. The highest BCUT2D eigenvalue weighted by Crippen LogP contribution is 1.78. The molecule has 0 aromatic heterocycles. The van der Waals surface area contributed by atoms with E-state index >= 15 is 0 Å². The van der Waals surface area contributed by atoms with Gasteiger partial charge in [0.25, 0.3) is 0 Å². The molecule has 0 spiro atoms. The first-order valence-corrected chi connectivity index (χ1v) is 3.55. The maximum Gasteiger partial charge on any atom is 0.149 e. The molecule has 0 aromatic rings. The van der Waals surface area contributed by atoms with Crippen molar-refractivity contribution < 1.29 is 14.2 Å². The first-order chi connectivity index (χ1) is 5.41. The van der Waals surface area contributed by atoms with E-state index in [1.165, 1.54) is 0 Å². The molecule has 11 heavy (non-hydrogen) atoms. The van der Waals surface area contributed by atoms with E-state index in [9.17, 15) is 0 Å². The average molecular weight is 164 g/mol. The summed E-state index contributed by atoms with van der Waals surface area (Å²) in [6.45, 7) is 2.48. The number of ether oxygens (including phenoxy) is 3. The summed E-state index contributed by atoms with van der Waals surface area (Å²) in [5, 5.41) is 0. The molecule has 5 nitrogen and oxygen atoms in total. The molecule has 5 heteroatoms. The third kappa shape index (κ3) is 9.80. The lowest BCUT2D eigenvalue weighted by atomic mass is 10.7. The Morgan fingerprint density at radius 2 is 1.18 bits per heavy atom. The summed E-state index contributed by atoms with van der Waals surface area (Å²) < 4.78 is 14.7. The van der Waals surface area contributed by atoms with E-state index < -0.39 is 0 Å². The Balaban J connectivity index is 2.69. The lowest BCUT2D eigenvalue weighted by Crippen LogP contribution is -2.14. The Kier molecular flexibility index (Phi) is 9.62. The van der Waals surface area contributed by atoms with Crippen LogP contribution in [0.3, 0.4) is 0 Å². The quantitative estimate of drug-likeness (QED) is 0.350. The third-order valence-corrected chi connectivity index (χ3v) is 0.858. The van der Waals surface area contributed by atoms with Crippen molar-refractivity contribution in [1.82, 2.24) is 0 Å². The van der Waals surface area contributed by atoms with Crippen LogP contribution in [-0.4, -0.2) is 39.9 Å². The van der Waals surface area contributed by atoms with Gasteiger partial charge in [0.1, 0.15) is 13.6 Å². The predicted octanol–water partition coefficient (Wildman–Crippen LogP) is -1.13. The van der Waals surface area contributed by atoms with Gasteiger partial charge in [-0.2, -0.15) is 0 Å². The zero-order valence-corrected chi connectivity index (χ0v) is 6.62. The van der Waals surface area contributed by atoms with Crippen LogP contribution in [-0.2, 0) is 14.2 Å². The summed E-state index contributed by atoms with van der Waals surface area (Å²) in [5.41, 5.74) is 10.3. The molecule has 0 atom stereocenters. The number of rotatable bonds is 8. The smallest absolute Gasteiger partial charge is 0.149 e. The number of hydrogen-bond acceptors (Lipinski definition) is 5. The minimum absolute atomic E-state index is 0.224. The third-order valence-electron chi connectivity index (χ3n) is 0.858. The van der Waals surface area contributed by atoms with Gasteiger partial charge >= 0.3 is 0 Å². The lowest BCUT2D eigenvalue weighted by molar-refractivity contribution is -0.128. The van der Waals surface area contributed by atoms with Crippen molar-refractivity contribution in [2.45, 2.75) is 0 Å². The van der Waals surface area contributed by atoms with Gasteiger partial charge in [0.2, 0.25) is 0 Å². The van der Waals surface area contributed by atoms with E-state index in [-0.39, 0.29) is 13.6 Å². The van der Waals surface area contributed by atoms with Crippen molar-refractivity contribution in [3.63, 3.8) is 0 Å². The summed E-state index contributed by atoms with van der Waals surface area (Å²) in [7, 11) is 0. The Labute approximate surface area is 66.6 Å². The molecule has 4 N–H and O–H groups in total. The van der Waals surface area contributed by atoms with Crippen LogP contribution in [0, 0.1) is 0 Å². The molecular weight excluding hydrogens is 148 g/mol. The Hall–Kier alpha value is -0.200. The second-order valence-electron chi connectivity index (χ2n) is 1.83. The summed E-state index contributed by atoms with van der Waals surface area (Å²) in [6, 6.07) is 0. The van der Waals surface area contributed by atoms with E-state index in [4.69, 9.17) is 25.7 Å². The minimum atomic E-state index is 0.224. The van der Waals surface area contributed by atoms with Crippen molar-refractivity contribution in [3.8, 4) is 0 Å². The van der Waals surface area contributed by atoms with Crippen LogP contribution in [0.15, 0.2) is 0 Å². The molecule has 0 unspecified atom stereocenters. The molecule has 0 amide bonds. The maximum atomic E-state index is 5.16. The highest BCUT2D eigenvalue weighted by atomic mass is 16.7. The van der Waals surface area contributed by atoms with Crippen LogP contribution < -0.4 is 11.5 Å². The molecule has 0 saturated heterocycles. The van der Waals surface area contributed by atoms with E-state index in [0.29, 0.717) is 26.3 Å². The molecule has 0 fully saturated rings.